The summed E-state index contributed by atoms with van der Waals surface area (Å²) in [5.74, 6) is 0.366. The maximum absolute atomic E-state index is 10.9. The van der Waals surface area contributed by atoms with Gasteiger partial charge in [0, 0.05) is 10.7 Å². The number of ether oxygens (including phenoxy) is 1. The zero-order chi connectivity index (χ0) is 11.4. The predicted molar refractivity (Wildman–Crippen MR) is 53.3 cm³/mol. The SMILES string of the molecule is CC(C)CC(C)OC(=O)NS(=O)(=O)Cl. The molecule has 0 saturated carbocycles. The van der Waals surface area contributed by atoms with Crippen LogP contribution < -0.4 is 4.72 Å². The quantitative estimate of drug-likeness (QED) is 0.762. The number of hydrogen-bond donors (Lipinski definition) is 1. The minimum absolute atomic E-state index is 0.339. The van der Waals surface area contributed by atoms with Crippen LogP contribution in [0.5, 0.6) is 0 Å². The van der Waals surface area contributed by atoms with Crippen LogP contribution in [-0.2, 0) is 14.0 Å². The fourth-order valence-corrected chi connectivity index (χ4v) is 1.45. The van der Waals surface area contributed by atoms with Crippen molar-refractivity contribution in [3.05, 3.63) is 0 Å². The lowest BCUT2D eigenvalue weighted by atomic mass is 10.1. The van der Waals surface area contributed by atoms with E-state index in [9.17, 15) is 13.2 Å². The first-order valence-corrected chi connectivity index (χ1v) is 6.44. The molecular weight excluding hydrogens is 230 g/mol. The Labute approximate surface area is 88.3 Å². The van der Waals surface area contributed by atoms with Gasteiger partial charge >= 0.3 is 15.3 Å². The summed E-state index contributed by atoms with van der Waals surface area (Å²) in [6.07, 6.45) is -0.725. The number of rotatable bonds is 4. The predicted octanol–water partition coefficient (Wildman–Crippen LogP) is 1.63. The van der Waals surface area contributed by atoms with Crippen molar-refractivity contribution in [2.45, 2.75) is 33.3 Å². The maximum atomic E-state index is 10.9. The maximum Gasteiger partial charge on any atom is 0.422 e. The second-order valence-corrected chi connectivity index (χ2v) is 5.68. The van der Waals surface area contributed by atoms with Crippen LogP contribution in [0.15, 0.2) is 0 Å². The van der Waals surface area contributed by atoms with Crippen molar-refractivity contribution >= 4 is 26.0 Å². The van der Waals surface area contributed by atoms with Crippen molar-refractivity contribution in [2.75, 3.05) is 0 Å². The van der Waals surface area contributed by atoms with E-state index < -0.39 is 15.3 Å². The standard InChI is InChI=1S/C7H14ClNO4S/c1-5(2)4-6(3)13-7(10)9-14(8,11)12/h5-6H,4H2,1-3H3,(H,9,10). The van der Waals surface area contributed by atoms with E-state index in [-0.39, 0.29) is 6.10 Å². The van der Waals surface area contributed by atoms with Gasteiger partial charge in [0.05, 0.1) is 0 Å². The highest BCUT2D eigenvalue weighted by Crippen LogP contribution is 2.07. The number of amides is 1. The van der Waals surface area contributed by atoms with E-state index >= 15 is 0 Å². The summed E-state index contributed by atoms with van der Waals surface area (Å²) in [4.78, 5) is 10.9. The summed E-state index contributed by atoms with van der Waals surface area (Å²) in [5.41, 5.74) is 0. The zero-order valence-corrected chi connectivity index (χ0v) is 9.85. The van der Waals surface area contributed by atoms with Crippen molar-refractivity contribution < 1.29 is 17.9 Å². The molecular formula is C7H14ClNO4S. The lowest BCUT2D eigenvalue weighted by molar-refractivity contribution is 0.101. The molecule has 1 atom stereocenters. The molecule has 0 saturated heterocycles. The van der Waals surface area contributed by atoms with Crippen LogP contribution in [0.3, 0.4) is 0 Å². The Hall–Kier alpha value is -0.490. The first-order chi connectivity index (χ1) is 6.20. The fraction of sp³-hybridized carbons (Fsp3) is 0.857. The minimum Gasteiger partial charge on any atom is -0.446 e. The van der Waals surface area contributed by atoms with Crippen molar-refractivity contribution in [1.29, 1.82) is 0 Å². The lowest BCUT2D eigenvalue weighted by Gasteiger charge is -2.14. The van der Waals surface area contributed by atoms with Crippen LogP contribution in [0.4, 0.5) is 4.79 Å². The molecule has 1 N–H and O–H groups in total. The Balaban J connectivity index is 3.95. The zero-order valence-electron chi connectivity index (χ0n) is 8.28. The largest absolute Gasteiger partial charge is 0.446 e. The normalized spacial score (nSPS) is 13.8. The van der Waals surface area contributed by atoms with Gasteiger partial charge in [-0.1, -0.05) is 13.8 Å². The molecule has 5 nitrogen and oxygen atoms in total. The molecule has 0 bridgehead atoms. The molecule has 0 aromatic heterocycles. The summed E-state index contributed by atoms with van der Waals surface area (Å²) >= 11 is 0. The number of halogens is 1. The number of nitrogens with one attached hydrogen (secondary N) is 1. The van der Waals surface area contributed by atoms with E-state index in [0.29, 0.717) is 12.3 Å². The summed E-state index contributed by atoms with van der Waals surface area (Å²) < 4.78 is 27.0. The molecule has 0 aromatic rings. The summed E-state index contributed by atoms with van der Waals surface area (Å²) in [6.45, 7) is 5.62. The van der Waals surface area contributed by atoms with Crippen molar-refractivity contribution in [1.82, 2.24) is 4.72 Å². The Bertz CT molecular complexity index is 288. The third-order valence-corrected chi connectivity index (χ3v) is 1.96. The highest BCUT2D eigenvalue weighted by molar-refractivity contribution is 8.12. The van der Waals surface area contributed by atoms with Crippen LogP contribution >= 0.6 is 10.7 Å². The van der Waals surface area contributed by atoms with Gasteiger partial charge in [-0.15, -0.1) is 0 Å². The summed E-state index contributed by atoms with van der Waals surface area (Å²) in [7, 11) is 0.728. The van der Waals surface area contributed by atoms with E-state index in [1.807, 2.05) is 13.8 Å². The number of carbonyl (C=O) groups excluding carboxylic acids is 1. The molecule has 0 spiro atoms. The Kier molecular flexibility index (Phi) is 5.22. The van der Waals surface area contributed by atoms with Gasteiger partial charge in [-0.25, -0.2) is 9.52 Å². The van der Waals surface area contributed by atoms with Crippen LogP contribution in [-0.4, -0.2) is 20.6 Å². The van der Waals surface area contributed by atoms with Gasteiger partial charge in [-0.2, -0.15) is 8.42 Å². The van der Waals surface area contributed by atoms with Gasteiger partial charge in [-0.3, -0.25) is 0 Å². The average molecular weight is 244 g/mol. The van der Waals surface area contributed by atoms with Gasteiger partial charge in [-0.05, 0) is 19.3 Å². The molecule has 0 heterocycles. The molecule has 0 aliphatic heterocycles. The highest BCUT2D eigenvalue weighted by Gasteiger charge is 2.15. The van der Waals surface area contributed by atoms with Gasteiger partial charge in [0.15, 0.2) is 0 Å². The van der Waals surface area contributed by atoms with Crippen molar-refractivity contribution in [3.8, 4) is 0 Å². The Morgan fingerprint density at radius 3 is 2.29 bits per heavy atom. The molecule has 0 aromatic carbocycles. The van der Waals surface area contributed by atoms with Gasteiger partial charge in [0.2, 0.25) is 0 Å². The second-order valence-electron chi connectivity index (χ2n) is 3.39. The van der Waals surface area contributed by atoms with Crippen LogP contribution in [0.2, 0.25) is 0 Å². The molecule has 0 aliphatic carbocycles. The van der Waals surface area contributed by atoms with Crippen LogP contribution in [0.25, 0.3) is 0 Å². The lowest BCUT2D eigenvalue weighted by Crippen LogP contribution is -2.30. The van der Waals surface area contributed by atoms with E-state index in [0.717, 1.165) is 0 Å². The third-order valence-electron chi connectivity index (χ3n) is 1.32. The van der Waals surface area contributed by atoms with E-state index in [2.05, 4.69) is 0 Å². The molecule has 84 valence electrons. The van der Waals surface area contributed by atoms with Crippen molar-refractivity contribution in [2.24, 2.45) is 5.92 Å². The molecule has 0 fully saturated rings. The van der Waals surface area contributed by atoms with E-state index in [1.165, 1.54) is 4.72 Å². The van der Waals surface area contributed by atoms with Crippen LogP contribution in [0, 0.1) is 5.92 Å². The fourth-order valence-electron chi connectivity index (χ4n) is 1.02. The monoisotopic (exact) mass is 243 g/mol. The number of carbonyl (C=O) groups is 1. The first-order valence-electron chi connectivity index (χ1n) is 4.13. The van der Waals surface area contributed by atoms with Gasteiger partial charge < -0.3 is 4.74 Å². The van der Waals surface area contributed by atoms with Crippen molar-refractivity contribution in [3.63, 3.8) is 0 Å². The minimum atomic E-state index is -4.05. The second kappa shape index (κ2) is 5.41. The average Bonchev–Trinajstić information content (AvgIpc) is 1.77. The van der Waals surface area contributed by atoms with E-state index in [1.54, 1.807) is 6.92 Å². The molecule has 0 rings (SSSR count). The third kappa shape index (κ3) is 8.12. The molecule has 1 unspecified atom stereocenters. The number of hydrogen-bond acceptors (Lipinski definition) is 4. The van der Waals surface area contributed by atoms with Gasteiger partial charge in [0.25, 0.3) is 0 Å². The smallest absolute Gasteiger partial charge is 0.422 e. The molecule has 14 heavy (non-hydrogen) atoms. The Morgan fingerprint density at radius 2 is 1.93 bits per heavy atom. The van der Waals surface area contributed by atoms with Gasteiger partial charge in [0.1, 0.15) is 6.10 Å². The highest BCUT2D eigenvalue weighted by atomic mass is 35.7. The topological polar surface area (TPSA) is 72.5 Å². The van der Waals surface area contributed by atoms with Crippen LogP contribution in [0.1, 0.15) is 27.2 Å². The Morgan fingerprint density at radius 1 is 1.43 bits per heavy atom. The summed E-state index contributed by atoms with van der Waals surface area (Å²) in [6, 6.07) is 0. The molecule has 1 amide bonds. The molecule has 7 heteroatoms. The molecule has 0 radical (unpaired) electrons. The van der Waals surface area contributed by atoms with E-state index in [4.69, 9.17) is 15.4 Å². The molecule has 0 aliphatic rings. The summed E-state index contributed by atoms with van der Waals surface area (Å²) in [5, 5.41) is 0. The first kappa shape index (κ1) is 13.5.